The molecule has 0 bridgehead atoms. The molecule has 1 N–H and O–H groups in total. The lowest BCUT2D eigenvalue weighted by atomic mass is 10.0. The van der Waals surface area contributed by atoms with Crippen LogP contribution in [0.25, 0.3) is 6.08 Å². The lowest BCUT2D eigenvalue weighted by Crippen LogP contribution is -2.41. The van der Waals surface area contributed by atoms with E-state index in [9.17, 15) is 4.79 Å². The van der Waals surface area contributed by atoms with E-state index in [0.29, 0.717) is 12.5 Å². The van der Waals surface area contributed by atoms with Crippen molar-refractivity contribution in [1.29, 1.82) is 0 Å². The molecule has 0 aliphatic heterocycles. The summed E-state index contributed by atoms with van der Waals surface area (Å²) >= 11 is 1.60. The van der Waals surface area contributed by atoms with Crippen LogP contribution in [0.15, 0.2) is 36.0 Å². The summed E-state index contributed by atoms with van der Waals surface area (Å²) in [7, 11) is 0. The zero-order valence-corrected chi connectivity index (χ0v) is 12.4. The van der Waals surface area contributed by atoms with Gasteiger partial charge in [0.15, 0.2) is 0 Å². The Morgan fingerprint density at radius 1 is 1.45 bits per heavy atom. The van der Waals surface area contributed by atoms with Crippen LogP contribution in [0.1, 0.15) is 18.7 Å². The molecule has 2 rings (SSSR count). The van der Waals surface area contributed by atoms with Crippen LogP contribution in [-0.2, 0) is 11.3 Å². The van der Waals surface area contributed by atoms with Crippen LogP contribution in [0, 0.1) is 5.92 Å². The van der Waals surface area contributed by atoms with E-state index in [1.807, 2.05) is 23.6 Å². The van der Waals surface area contributed by atoms with Crippen molar-refractivity contribution in [3.63, 3.8) is 0 Å². The predicted octanol–water partition coefficient (Wildman–Crippen LogP) is 2.19. The highest BCUT2D eigenvalue weighted by molar-refractivity contribution is 7.10. The zero-order chi connectivity index (χ0) is 14.4. The zero-order valence-electron chi connectivity index (χ0n) is 11.6. The number of carbonyl (C=O) groups excluding carboxylic acids is 1. The van der Waals surface area contributed by atoms with Gasteiger partial charge in [0, 0.05) is 11.0 Å². The Morgan fingerprint density at radius 3 is 2.80 bits per heavy atom. The minimum Gasteiger partial charge on any atom is -0.348 e. The second-order valence-electron chi connectivity index (χ2n) is 4.79. The van der Waals surface area contributed by atoms with Crippen LogP contribution in [0.4, 0.5) is 0 Å². The maximum atomic E-state index is 11.9. The van der Waals surface area contributed by atoms with Crippen LogP contribution < -0.4 is 5.32 Å². The summed E-state index contributed by atoms with van der Waals surface area (Å²) in [4.78, 5) is 14.6. The van der Waals surface area contributed by atoms with Gasteiger partial charge < -0.3 is 5.32 Å². The van der Waals surface area contributed by atoms with E-state index < -0.39 is 0 Å². The van der Waals surface area contributed by atoms with Gasteiger partial charge in [-0.25, -0.2) is 0 Å². The third kappa shape index (κ3) is 4.31. The van der Waals surface area contributed by atoms with Crippen molar-refractivity contribution in [2.45, 2.75) is 26.4 Å². The molecule has 0 aromatic carbocycles. The third-order valence-corrected chi connectivity index (χ3v) is 3.74. The minimum absolute atomic E-state index is 0.00267. The van der Waals surface area contributed by atoms with E-state index in [1.54, 1.807) is 34.6 Å². The monoisotopic (exact) mass is 290 g/mol. The molecule has 2 aromatic rings. The lowest BCUT2D eigenvalue weighted by molar-refractivity contribution is -0.117. The Bertz CT molecular complexity index is 546. The number of hydrogen-bond donors (Lipinski definition) is 1. The Labute approximate surface area is 122 Å². The van der Waals surface area contributed by atoms with Crippen LogP contribution in [-0.4, -0.2) is 26.9 Å². The van der Waals surface area contributed by atoms with Crippen LogP contribution >= 0.6 is 11.3 Å². The number of amides is 1. The Morgan fingerprint density at radius 2 is 2.20 bits per heavy atom. The molecule has 0 radical (unpaired) electrons. The first-order chi connectivity index (χ1) is 9.65. The van der Waals surface area contributed by atoms with Gasteiger partial charge >= 0.3 is 0 Å². The molecule has 1 amide bonds. The maximum absolute atomic E-state index is 11.9. The van der Waals surface area contributed by atoms with Crippen molar-refractivity contribution in [2.24, 2.45) is 5.92 Å². The highest BCUT2D eigenvalue weighted by Gasteiger charge is 2.16. The van der Waals surface area contributed by atoms with E-state index in [2.05, 4.69) is 29.4 Å². The fourth-order valence-corrected chi connectivity index (χ4v) is 2.33. The smallest absolute Gasteiger partial charge is 0.244 e. The minimum atomic E-state index is -0.0933. The van der Waals surface area contributed by atoms with Gasteiger partial charge in [-0.05, 0) is 23.4 Å². The average Bonchev–Trinajstić information content (AvgIpc) is 3.08. The van der Waals surface area contributed by atoms with Gasteiger partial charge in [-0.1, -0.05) is 19.9 Å². The molecule has 0 unspecified atom stereocenters. The average molecular weight is 290 g/mol. The van der Waals surface area contributed by atoms with Crippen LogP contribution in [0.2, 0.25) is 0 Å². The number of nitrogens with one attached hydrogen (secondary N) is 1. The molecule has 0 spiro atoms. The van der Waals surface area contributed by atoms with E-state index in [4.69, 9.17) is 0 Å². The number of carbonyl (C=O) groups is 1. The van der Waals surface area contributed by atoms with Crippen molar-refractivity contribution < 1.29 is 4.79 Å². The lowest BCUT2D eigenvalue weighted by Gasteiger charge is -2.20. The molecule has 5 nitrogen and oxygen atoms in total. The number of nitrogens with zero attached hydrogens (tertiary/aromatic N) is 3. The third-order valence-electron chi connectivity index (χ3n) is 2.90. The Kier molecular flexibility index (Phi) is 5.06. The predicted molar refractivity (Wildman–Crippen MR) is 80.1 cm³/mol. The quantitative estimate of drug-likeness (QED) is 0.830. The fraction of sp³-hybridized carbons (Fsp3) is 0.357. The van der Waals surface area contributed by atoms with Crippen molar-refractivity contribution >= 4 is 23.3 Å². The molecular weight excluding hydrogens is 272 g/mol. The van der Waals surface area contributed by atoms with E-state index in [0.717, 1.165) is 4.88 Å². The Hall–Kier alpha value is -1.95. The van der Waals surface area contributed by atoms with E-state index >= 15 is 0 Å². The SMILES string of the molecule is CC(C)[C@@H](Cn1nccn1)NC(=O)/C=C/c1cccs1. The van der Waals surface area contributed by atoms with Gasteiger partial charge in [0.25, 0.3) is 0 Å². The molecule has 2 aromatic heterocycles. The highest BCUT2D eigenvalue weighted by Crippen LogP contribution is 2.10. The molecule has 20 heavy (non-hydrogen) atoms. The number of rotatable bonds is 6. The summed E-state index contributed by atoms with van der Waals surface area (Å²) in [6.45, 7) is 4.71. The summed E-state index contributed by atoms with van der Waals surface area (Å²) in [5.41, 5.74) is 0. The highest BCUT2D eigenvalue weighted by atomic mass is 32.1. The van der Waals surface area contributed by atoms with Gasteiger partial charge in [0.2, 0.25) is 5.91 Å². The normalized spacial score (nSPS) is 12.9. The molecule has 0 saturated carbocycles. The van der Waals surface area contributed by atoms with E-state index in [1.165, 1.54) is 0 Å². The molecular formula is C14H18N4OS. The number of hydrogen-bond acceptors (Lipinski definition) is 4. The number of aromatic nitrogens is 3. The van der Waals surface area contributed by atoms with Crippen molar-refractivity contribution in [3.05, 3.63) is 40.9 Å². The standard InChI is InChI=1S/C14H18N4OS/c1-11(2)13(10-18-15-7-8-16-18)17-14(19)6-5-12-4-3-9-20-12/h3-9,11,13H,10H2,1-2H3,(H,17,19)/b6-5+/t13-/m1/s1. The summed E-state index contributed by atoms with van der Waals surface area (Å²) in [5.74, 6) is 0.212. The van der Waals surface area contributed by atoms with Gasteiger partial charge in [-0.2, -0.15) is 15.0 Å². The van der Waals surface area contributed by atoms with Gasteiger partial charge in [0.1, 0.15) is 0 Å². The maximum Gasteiger partial charge on any atom is 0.244 e. The summed E-state index contributed by atoms with van der Waals surface area (Å²) in [6.07, 6.45) is 6.66. The molecule has 2 heterocycles. The van der Waals surface area contributed by atoms with Crippen molar-refractivity contribution in [3.8, 4) is 0 Å². The largest absolute Gasteiger partial charge is 0.348 e. The number of thiophene rings is 1. The molecule has 1 atom stereocenters. The second-order valence-corrected chi connectivity index (χ2v) is 5.77. The van der Waals surface area contributed by atoms with Crippen molar-refractivity contribution in [2.75, 3.05) is 0 Å². The topological polar surface area (TPSA) is 59.8 Å². The molecule has 106 valence electrons. The first-order valence-corrected chi connectivity index (χ1v) is 7.39. The summed E-state index contributed by atoms with van der Waals surface area (Å²) in [6, 6.07) is 3.94. The van der Waals surface area contributed by atoms with Crippen LogP contribution in [0.5, 0.6) is 0 Å². The van der Waals surface area contributed by atoms with Crippen LogP contribution in [0.3, 0.4) is 0 Å². The summed E-state index contributed by atoms with van der Waals surface area (Å²) < 4.78 is 0. The Balaban J connectivity index is 1.92. The molecule has 0 aliphatic rings. The van der Waals surface area contributed by atoms with E-state index in [-0.39, 0.29) is 11.9 Å². The summed E-state index contributed by atoms with van der Waals surface area (Å²) in [5, 5.41) is 13.1. The van der Waals surface area contributed by atoms with Gasteiger partial charge in [-0.3, -0.25) is 4.79 Å². The first-order valence-electron chi connectivity index (χ1n) is 6.51. The van der Waals surface area contributed by atoms with Gasteiger partial charge in [0.05, 0.1) is 25.0 Å². The van der Waals surface area contributed by atoms with Gasteiger partial charge in [-0.15, -0.1) is 11.3 Å². The molecule has 0 saturated heterocycles. The molecule has 0 aliphatic carbocycles. The van der Waals surface area contributed by atoms with Crippen molar-refractivity contribution in [1.82, 2.24) is 20.3 Å². The molecule has 0 fully saturated rings. The molecule has 6 heteroatoms. The second kappa shape index (κ2) is 7.00. The first kappa shape index (κ1) is 14.5. The fourth-order valence-electron chi connectivity index (χ4n) is 1.71.